The summed E-state index contributed by atoms with van der Waals surface area (Å²) in [6.45, 7) is 8.23. The van der Waals surface area contributed by atoms with Gasteiger partial charge in [-0.05, 0) is 82.1 Å². The fourth-order valence-corrected chi connectivity index (χ4v) is 5.28. The minimum Gasteiger partial charge on any atom is -0.349 e. The van der Waals surface area contributed by atoms with Gasteiger partial charge in [0.25, 0.3) is 0 Å². The van der Waals surface area contributed by atoms with E-state index in [9.17, 15) is 9.18 Å². The summed E-state index contributed by atoms with van der Waals surface area (Å²) in [6.07, 6.45) is 3.61. The van der Waals surface area contributed by atoms with Crippen LogP contribution in [0, 0.1) is 12.7 Å². The van der Waals surface area contributed by atoms with Crippen LogP contribution >= 0.6 is 11.8 Å². The Morgan fingerprint density at radius 2 is 1.76 bits per heavy atom. The fraction of sp³-hybridized carbons (Fsp3) is 0.423. The van der Waals surface area contributed by atoms with Crippen LogP contribution in [0.4, 0.5) is 4.39 Å². The summed E-state index contributed by atoms with van der Waals surface area (Å²) < 4.78 is 15.6. The van der Waals surface area contributed by atoms with E-state index >= 15 is 0 Å². The third kappa shape index (κ3) is 5.67. The number of rotatable bonds is 8. The van der Waals surface area contributed by atoms with Crippen LogP contribution < -0.4 is 5.32 Å². The van der Waals surface area contributed by atoms with Crippen molar-refractivity contribution in [3.63, 3.8) is 0 Å². The van der Waals surface area contributed by atoms with E-state index < -0.39 is 0 Å². The number of aromatic nitrogens is 3. The first-order valence-corrected chi connectivity index (χ1v) is 12.9. The molecule has 2 heterocycles. The molecule has 180 valence electrons. The molecule has 0 saturated carbocycles. The van der Waals surface area contributed by atoms with E-state index in [0.717, 1.165) is 35.7 Å². The van der Waals surface area contributed by atoms with Gasteiger partial charge in [0.15, 0.2) is 11.0 Å². The molecular formula is C26H32FN5OS. The van der Waals surface area contributed by atoms with E-state index in [1.54, 1.807) is 12.1 Å². The summed E-state index contributed by atoms with van der Waals surface area (Å²) in [5, 5.41) is 12.7. The maximum absolute atomic E-state index is 13.6. The Balaban J connectivity index is 1.51. The Morgan fingerprint density at radius 3 is 2.47 bits per heavy atom. The van der Waals surface area contributed by atoms with Crippen molar-refractivity contribution in [1.82, 2.24) is 25.0 Å². The SMILES string of the molecule is Cc1ccccc1C(C)NC(=O)CSc1nnc(C(C)N2CCCCC2)n1-c1ccc(F)cc1. The molecule has 1 N–H and O–H groups in total. The van der Waals surface area contributed by atoms with Gasteiger partial charge in [0.1, 0.15) is 5.82 Å². The van der Waals surface area contributed by atoms with Gasteiger partial charge in [-0.3, -0.25) is 14.3 Å². The van der Waals surface area contributed by atoms with E-state index in [1.807, 2.05) is 42.7 Å². The maximum atomic E-state index is 13.6. The van der Waals surface area contributed by atoms with Gasteiger partial charge >= 0.3 is 0 Å². The first-order chi connectivity index (χ1) is 16.4. The number of nitrogens with zero attached hydrogens (tertiary/aromatic N) is 4. The van der Waals surface area contributed by atoms with Crippen LogP contribution in [0.3, 0.4) is 0 Å². The maximum Gasteiger partial charge on any atom is 0.230 e. The summed E-state index contributed by atoms with van der Waals surface area (Å²) in [5.41, 5.74) is 3.05. The number of aryl methyl sites for hydroxylation is 1. The summed E-state index contributed by atoms with van der Waals surface area (Å²) in [5.74, 6) is 0.666. The summed E-state index contributed by atoms with van der Waals surface area (Å²) >= 11 is 1.35. The van der Waals surface area contributed by atoms with E-state index in [1.165, 1.54) is 43.2 Å². The van der Waals surface area contributed by atoms with Crippen LogP contribution in [-0.4, -0.2) is 44.4 Å². The second kappa shape index (κ2) is 11.1. The average Bonchev–Trinajstić information content (AvgIpc) is 3.27. The number of piperidine rings is 1. The standard InChI is InChI=1S/C26H32FN5OS/c1-18-9-5-6-10-23(18)19(2)28-24(33)17-34-26-30-29-25(20(3)31-15-7-4-8-16-31)32(26)22-13-11-21(27)12-14-22/h5-6,9-14,19-20H,4,7-8,15-17H2,1-3H3,(H,28,33). The molecular weight excluding hydrogens is 449 g/mol. The van der Waals surface area contributed by atoms with Gasteiger partial charge in [0.05, 0.1) is 17.8 Å². The van der Waals surface area contributed by atoms with Crippen molar-refractivity contribution in [3.8, 4) is 5.69 Å². The van der Waals surface area contributed by atoms with Gasteiger partial charge in [-0.2, -0.15) is 0 Å². The molecule has 6 nitrogen and oxygen atoms in total. The van der Waals surface area contributed by atoms with Crippen molar-refractivity contribution < 1.29 is 9.18 Å². The Bertz CT molecular complexity index is 1110. The quantitative estimate of drug-likeness (QED) is 0.446. The number of carbonyl (C=O) groups is 1. The monoisotopic (exact) mass is 481 g/mol. The van der Waals surface area contributed by atoms with Crippen molar-refractivity contribution in [2.45, 2.75) is 57.3 Å². The van der Waals surface area contributed by atoms with Gasteiger partial charge in [0, 0.05) is 5.69 Å². The molecule has 34 heavy (non-hydrogen) atoms. The summed E-state index contributed by atoms with van der Waals surface area (Å²) in [7, 11) is 0. The van der Waals surface area contributed by atoms with E-state index in [4.69, 9.17) is 0 Å². The molecule has 1 saturated heterocycles. The molecule has 1 amide bonds. The fourth-order valence-electron chi connectivity index (χ4n) is 4.51. The molecule has 4 rings (SSSR count). The average molecular weight is 482 g/mol. The highest BCUT2D eigenvalue weighted by Crippen LogP contribution is 2.29. The van der Waals surface area contributed by atoms with Gasteiger partial charge in [-0.1, -0.05) is 42.4 Å². The van der Waals surface area contributed by atoms with E-state index in [0.29, 0.717) is 5.16 Å². The van der Waals surface area contributed by atoms with E-state index in [2.05, 4.69) is 27.3 Å². The van der Waals surface area contributed by atoms with E-state index in [-0.39, 0.29) is 29.6 Å². The molecule has 2 atom stereocenters. The Morgan fingerprint density at radius 1 is 1.06 bits per heavy atom. The highest BCUT2D eigenvalue weighted by molar-refractivity contribution is 7.99. The van der Waals surface area contributed by atoms with Gasteiger partial charge in [-0.25, -0.2) is 4.39 Å². The Kier molecular flexibility index (Phi) is 8.00. The molecule has 2 unspecified atom stereocenters. The number of amides is 1. The Hall–Kier alpha value is -2.71. The highest BCUT2D eigenvalue weighted by Gasteiger charge is 2.26. The van der Waals surface area contributed by atoms with Crippen LogP contribution in [0.25, 0.3) is 5.69 Å². The van der Waals surface area contributed by atoms with Gasteiger partial charge in [-0.15, -0.1) is 10.2 Å². The third-order valence-electron chi connectivity index (χ3n) is 6.42. The molecule has 1 aromatic heterocycles. The zero-order valence-corrected chi connectivity index (χ0v) is 20.8. The minimum atomic E-state index is -0.291. The number of carbonyl (C=O) groups excluding carboxylic acids is 1. The van der Waals surface area contributed by atoms with Gasteiger partial charge < -0.3 is 5.32 Å². The van der Waals surface area contributed by atoms with Crippen molar-refractivity contribution in [1.29, 1.82) is 0 Å². The van der Waals surface area contributed by atoms with Crippen LogP contribution in [0.15, 0.2) is 53.7 Å². The number of halogens is 1. The normalized spacial score (nSPS) is 16.2. The molecule has 1 aliphatic heterocycles. The number of hydrogen-bond acceptors (Lipinski definition) is 5. The molecule has 1 fully saturated rings. The topological polar surface area (TPSA) is 63.1 Å². The lowest BCUT2D eigenvalue weighted by Crippen LogP contribution is -2.33. The summed E-state index contributed by atoms with van der Waals surface area (Å²) in [6, 6.07) is 14.4. The zero-order chi connectivity index (χ0) is 24.1. The molecule has 1 aliphatic rings. The van der Waals surface area contributed by atoms with Crippen LogP contribution in [0.1, 0.15) is 62.1 Å². The first-order valence-electron chi connectivity index (χ1n) is 11.9. The van der Waals surface area contributed by atoms with Crippen LogP contribution in [0.5, 0.6) is 0 Å². The predicted octanol–water partition coefficient (Wildman–Crippen LogP) is 5.23. The van der Waals surface area contributed by atoms with Crippen LogP contribution in [0.2, 0.25) is 0 Å². The number of nitrogens with one attached hydrogen (secondary N) is 1. The second-order valence-corrected chi connectivity index (χ2v) is 9.80. The highest BCUT2D eigenvalue weighted by atomic mass is 32.2. The second-order valence-electron chi connectivity index (χ2n) is 8.86. The molecule has 0 spiro atoms. The lowest BCUT2D eigenvalue weighted by atomic mass is 10.0. The molecule has 0 radical (unpaired) electrons. The number of benzene rings is 2. The number of thioether (sulfide) groups is 1. The van der Waals surface area contributed by atoms with Gasteiger partial charge in [0.2, 0.25) is 5.91 Å². The Labute approximate surface area is 205 Å². The van der Waals surface area contributed by atoms with Crippen molar-refractivity contribution >= 4 is 17.7 Å². The lowest BCUT2D eigenvalue weighted by Gasteiger charge is -2.31. The predicted molar refractivity (Wildman–Crippen MR) is 134 cm³/mol. The number of hydrogen-bond donors (Lipinski definition) is 1. The summed E-state index contributed by atoms with van der Waals surface area (Å²) in [4.78, 5) is 15.2. The van der Waals surface area contributed by atoms with Crippen molar-refractivity contribution in [2.75, 3.05) is 18.8 Å². The molecule has 8 heteroatoms. The smallest absolute Gasteiger partial charge is 0.230 e. The number of likely N-dealkylation sites (tertiary alicyclic amines) is 1. The minimum absolute atomic E-state index is 0.0694. The zero-order valence-electron chi connectivity index (χ0n) is 20.0. The largest absolute Gasteiger partial charge is 0.349 e. The van der Waals surface area contributed by atoms with Crippen molar-refractivity contribution in [2.24, 2.45) is 0 Å². The molecule has 2 aromatic carbocycles. The molecule has 0 bridgehead atoms. The molecule has 3 aromatic rings. The molecule has 0 aliphatic carbocycles. The third-order valence-corrected chi connectivity index (χ3v) is 7.35. The lowest BCUT2D eigenvalue weighted by molar-refractivity contribution is -0.119. The first kappa shape index (κ1) is 24.4. The van der Waals surface area contributed by atoms with Crippen LogP contribution in [-0.2, 0) is 4.79 Å². The van der Waals surface area contributed by atoms with Crippen molar-refractivity contribution in [3.05, 3.63) is 71.3 Å².